The number of carbonyl (C=O) groups excluding carboxylic acids is 1. The van der Waals surface area contributed by atoms with Crippen molar-refractivity contribution in [1.29, 1.82) is 0 Å². The third kappa shape index (κ3) is 0.361. The highest BCUT2D eigenvalue weighted by atomic mass is 19.3. The fourth-order valence-corrected chi connectivity index (χ4v) is 6.07. The van der Waals surface area contributed by atoms with Crippen molar-refractivity contribution < 1.29 is 13.6 Å². The molecule has 14 heavy (non-hydrogen) atoms. The smallest absolute Gasteiger partial charge is 0.255 e. The molecule has 0 aromatic carbocycles. The summed E-state index contributed by atoms with van der Waals surface area (Å²) >= 11 is 0. The van der Waals surface area contributed by atoms with Crippen LogP contribution >= 0.6 is 0 Å². The number of halogens is 2. The molecule has 2 bridgehead atoms. The Morgan fingerprint density at radius 2 is 1.86 bits per heavy atom. The van der Waals surface area contributed by atoms with Crippen LogP contribution in [-0.4, -0.2) is 11.7 Å². The van der Waals surface area contributed by atoms with Crippen molar-refractivity contribution in [2.75, 3.05) is 0 Å². The number of fused-ring (bicyclic) bond motifs is 2. The second kappa shape index (κ2) is 1.48. The van der Waals surface area contributed by atoms with E-state index in [0.29, 0.717) is 11.8 Å². The van der Waals surface area contributed by atoms with Crippen LogP contribution in [-0.2, 0) is 4.79 Å². The molecular weight excluding hydrogens is 186 g/mol. The third-order valence-corrected chi connectivity index (χ3v) is 6.05. The lowest BCUT2D eigenvalue weighted by molar-refractivity contribution is -0.174. The molecule has 3 heteroatoms. The van der Waals surface area contributed by atoms with E-state index in [1.54, 1.807) is 0 Å². The minimum atomic E-state index is -2.49. The number of alkyl halides is 2. The zero-order valence-corrected chi connectivity index (χ0v) is 7.49. The topological polar surface area (TPSA) is 17.1 Å². The van der Waals surface area contributed by atoms with E-state index in [1.807, 2.05) is 0 Å². The molecule has 0 aromatic rings. The first-order valence-corrected chi connectivity index (χ1v) is 5.55. The van der Waals surface area contributed by atoms with Gasteiger partial charge in [0.15, 0.2) is 0 Å². The van der Waals surface area contributed by atoms with E-state index in [0.717, 1.165) is 6.42 Å². The maximum absolute atomic E-state index is 13.9. The minimum absolute atomic E-state index is 0.214. The van der Waals surface area contributed by atoms with Crippen molar-refractivity contribution in [1.82, 2.24) is 0 Å². The largest absolute Gasteiger partial charge is 0.299 e. The molecule has 1 nitrogen and oxygen atoms in total. The summed E-state index contributed by atoms with van der Waals surface area (Å²) in [7, 11) is 0. The van der Waals surface area contributed by atoms with Crippen LogP contribution in [0.2, 0.25) is 0 Å². The van der Waals surface area contributed by atoms with Crippen LogP contribution in [0.3, 0.4) is 0 Å². The molecule has 5 aliphatic carbocycles. The van der Waals surface area contributed by atoms with Gasteiger partial charge in [-0.15, -0.1) is 0 Å². The standard InChI is InChI=1S/C11H10F2O/c12-11(13)8-3-1-2-4-5(3)9(11)7(4)10(14)6(2)8/h2-9H,1H2/t2-,3-,4+,5+,6+,7+,8+,9+/m0/s1. The predicted octanol–water partition coefficient (Wildman–Crippen LogP) is 1.58. The molecule has 74 valence electrons. The van der Waals surface area contributed by atoms with Gasteiger partial charge in [0.05, 0.1) is 0 Å². The van der Waals surface area contributed by atoms with E-state index in [-0.39, 0.29) is 29.5 Å². The van der Waals surface area contributed by atoms with Crippen molar-refractivity contribution in [2.24, 2.45) is 47.3 Å². The summed E-state index contributed by atoms with van der Waals surface area (Å²) < 4.78 is 27.8. The van der Waals surface area contributed by atoms with Gasteiger partial charge in [-0.25, -0.2) is 8.78 Å². The molecule has 0 heterocycles. The van der Waals surface area contributed by atoms with Crippen LogP contribution in [0, 0.1) is 47.3 Å². The number of hydrogen-bond donors (Lipinski definition) is 0. The quantitative estimate of drug-likeness (QED) is 0.575. The van der Waals surface area contributed by atoms with Crippen LogP contribution < -0.4 is 0 Å². The van der Waals surface area contributed by atoms with E-state index < -0.39 is 17.8 Å². The first-order chi connectivity index (χ1) is 6.64. The Morgan fingerprint density at radius 1 is 1.07 bits per heavy atom. The van der Waals surface area contributed by atoms with Gasteiger partial charge in [-0.05, 0) is 30.1 Å². The van der Waals surface area contributed by atoms with Crippen molar-refractivity contribution >= 4 is 5.78 Å². The van der Waals surface area contributed by atoms with Gasteiger partial charge in [0.2, 0.25) is 0 Å². The van der Waals surface area contributed by atoms with Gasteiger partial charge in [-0.1, -0.05) is 0 Å². The van der Waals surface area contributed by atoms with Crippen molar-refractivity contribution in [3.05, 3.63) is 0 Å². The minimum Gasteiger partial charge on any atom is -0.299 e. The summed E-state index contributed by atoms with van der Waals surface area (Å²) in [6, 6.07) is 0. The average Bonchev–Trinajstić information content (AvgIpc) is 2.52. The Kier molecular flexibility index (Phi) is 0.732. The third-order valence-electron chi connectivity index (χ3n) is 6.05. The summed E-state index contributed by atoms with van der Waals surface area (Å²) in [6.07, 6.45) is 0.943. The normalized spacial score (nSPS) is 73.4. The molecule has 0 aromatic heterocycles. The van der Waals surface area contributed by atoms with Crippen LogP contribution in [0.25, 0.3) is 0 Å². The van der Waals surface area contributed by atoms with Gasteiger partial charge in [-0.3, -0.25) is 4.79 Å². The van der Waals surface area contributed by atoms with Gasteiger partial charge in [0.25, 0.3) is 5.92 Å². The fraction of sp³-hybridized carbons (Fsp3) is 0.909. The molecule has 0 spiro atoms. The Balaban J connectivity index is 1.87. The van der Waals surface area contributed by atoms with Crippen molar-refractivity contribution in [3.8, 4) is 0 Å². The van der Waals surface area contributed by atoms with Crippen molar-refractivity contribution in [3.63, 3.8) is 0 Å². The van der Waals surface area contributed by atoms with E-state index in [2.05, 4.69) is 0 Å². The second-order valence-corrected chi connectivity index (χ2v) is 5.90. The van der Waals surface area contributed by atoms with Crippen LogP contribution in [0.5, 0.6) is 0 Å². The van der Waals surface area contributed by atoms with Crippen molar-refractivity contribution in [2.45, 2.75) is 12.3 Å². The van der Waals surface area contributed by atoms with Crippen LogP contribution in [0.1, 0.15) is 6.42 Å². The number of hydrogen-bond acceptors (Lipinski definition) is 1. The summed E-state index contributed by atoms with van der Waals surface area (Å²) in [5.41, 5.74) is 0. The van der Waals surface area contributed by atoms with Gasteiger partial charge in [0, 0.05) is 23.7 Å². The molecule has 0 aliphatic heterocycles. The SMILES string of the molecule is O=C1[C@@H]2[C@H]3C[C@H]4[C@@H]5[C@@H]3[C@@H]1[C@@H]5C(F)(F)[C@H]42. The molecule has 5 rings (SSSR count). The van der Waals surface area contributed by atoms with Gasteiger partial charge >= 0.3 is 0 Å². The second-order valence-electron chi connectivity index (χ2n) is 5.90. The zero-order chi connectivity index (χ0) is 9.40. The van der Waals surface area contributed by atoms with E-state index in [9.17, 15) is 13.6 Å². The molecule has 5 saturated carbocycles. The number of rotatable bonds is 0. The molecule has 5 aliphatic rings. The first-order valence-electron chi connectivity index (χ1n) is 5.55. The Labute approximate surface area is 79.9 Å². The maximum atomic E-state index is 13.9. The Morgan fingerprint density at radius 3 is 2.64 bits per heavy atom. The lowest BCUT2D eigenvalue weighted by Crippen LogP contribution is -2.53. The Hall–Kier alpha value is -0.470. The summed E-state index contributed by atoms with van der Waals surface area (Å²) in [5, 5.41) is 0. The number of carbonyl (C=O) groups is 1. The number of ketones is 1. The van der Waals surface area contributed by atoms with Gasteiger partial charge in [0.1, 0.15) is 5.78 Å². The predicted molar refractivity (Wildman–Crippen MR) is 42.5 cm³/mol. The summed E-state index contributed by atoms with van der Waals surface area (Å²) in [4.78, 5) is 11.9. The van der Waals surface area contributed by atoms with Crippen LogP contribution in [0.15, 0.2) is 0 Å². The molecule has 0 amide bonds. The Bertz CT molecular complexity index is 391. The zero-order valence-electron chi connectivity index (χ0n) is 7.49. The average molecular weight is 196 g/mol. The van der Waals surface area contributed by atoms with Gasteiger partial charge < -0.3 is 0 Å². The molecular formula is C11H10F2O. The van der Waals surface area contributed by atoms with E-state index in [4.69, 9.17) is 0 Å². The van der Waals surface area contributed by atoms with Crippen LogP contribution in [0.4, 0.5) is 8.78 Å². The molecule has 0 saturated heterocycles. The monoisotopic (exact) mass is 196 g/mol. The lowest BCUT2D eigenvalue weighted by atomic mass is 9.59. The fourth-order valence-electron chi connectivity index (χ4n) is 6.07. The summed E-state index contributed by atoms with van der Waals surface area (Å²) in [5.74, 6) is -2.54. The summed E-state index contributed by atoms with van der Waals surface area (Å²) in [6.45, 7) is 0. The van der Waals surface area contributed by atoms with E-state index >= 15 is 0 Å². The number of Topliss-reactive ketones (excluding diaryl/α,β-unsaturated/α-hetero) is 1. The highest BCUT2D eigenvalue weighted by Crippen LogP contribution is 2.85. The highest BCUT2D eigenvalue weighted by molar-refractivity contribution is 5.91. The first kappa shape index (κ1) is 6.91. The van der Waals surface area contributed by atoms with Gasteiger partial charge in [-0.2, -0.15) is 0 Å². The molecule has 0 N–H and O–H groups in total. The molecule has 0 radical (unpaired) electrons. The molecule has 8 atom stereocenters. The highest BCUT2D eigenvalue weighted by Gasteiger charge is 2.89. The molecule has 0 unspecified atom stereocenters. The lowest BCUT2D eigenvalue weighted by Gasteiger charge is -2.45. The van der Waals surface area contributed by atoms with E-state index in [1.165, 1.54) is 0 Å². The maximum Gasteiger partial charge on any atom is 0.255 e. The molecule has 5 fully saturated rings.